The summed E-state index contributed by atoms with van der Waals surface area (Å²) < 4.78 is 0. The molecule has 1 unspecified atom stereocenters. The van der Waals surface area contributed by atoms with E-state index in [0.717, 1.165) is 32.4 Å². The molecule has 3 atom stereocenters. The van der Waals surface area contributed by atoms with Crippen molar-refractivity contribution in [1.82, 2.24) is 5.32 Å². The number of nitrogens with one attached hydrogen (secondary N) is 1. The van der Waals surface area contributed by atoms with E-state index in [0.29, 0.717) is 12.3 Å². The Labute approximate surface area is 139 Å². The van der Waals surface area contributed by atoms with Crippen molar-refractivity contribution in [1.29, 1.82) is 0 Å². The van der Waals surface area contributed by atoms with Crippen molar-refractivity contribution < 1.29 is 4.79 Å². The quantitative estimate of drug-likeness (QED) is 0.878. The lowest BCUT2D eigenvalue weighted by molar-refractivity contribution is -0.122. The molecule has 3 rings (SSSR count). The van der Waals surface area contributed by atoms with E-state index in [1.165, 1.54) is 24.1 Å². The monoisotopic (exact) mass is 315 g/mol. The van der Waals surface area contributed by atoms with Crippen LogP contribution in [-0.4, -0.2) is 25.0 Å². The number of carbonyl (C=O) groups is 1. The number of carbonyl (C=O) groups excluding carboxylic acids is 1. The Balaban J connectivity index is 1.57. The molecule has 1 saturated heterocycles. The molecular formula is C19H29N3O. The summed E-state index contributed by atoms with van der Waals surface area (Å²) in [4.78, 5) is 14.7. The van der Waals surface area contributed by atoms with Gasteiger partial charge < -0.3 is 16.0 Å². The summed E-state index contributed by atoms with van der Waals surface area (Å²) in [5, 5.41) is 3.15. The first-order valence-electron chi connectivity index (χ1n) is 9.03. The van der Waals surface area contributed by atoms with E-state index >= 15 is 0 Å². The molecule has 1 aromatic carbocycles. The van der Waals surface area contributed by atoms with Crippen LogP contribution in [0.2, 0.25) is 0 Å². The Morgan fingerprint density at radius 1 is 1.30 bits per heavy atom. The maximum absolute atomic E-state index is 12.3. The minimum absolute atomic E-state index is 0.0441. The summed E-state index contributed by atoms with van der Waals surface area (Å²) in [7, 11) is 0. The van der Waals surface area contributed by atoms with Gasteiger partial charge in [-0.3, -0.25) is 4.79 Å². The average Bonchev–Trinajstić information content (AvgIpc) is 3.20. The fourth-order valence-corrected chi connectivity index (χ4v) is 3.91. The second-order valence-electron chi connectivity index (χ2n) is 7.14. The topological polar surface area (TPSA) is 58.4 Å². The van der Waals surface area contributed by atoms with Crippen LogP contribution in [0.1, 0.15) is 57.1 Å². The van der Waals surface area contributed by atoms with Crippen molar-refractivity contribution in [3.8, 4) is 0 Å². The standard InChI is InChI=1S/C19H29N3O/c1-14(21-19(23)13-16-7-5-9-18(16)20)15-6-4-8-17(12-15)22-10-2-3-11-22/h4,6,8,12,14,16,18H,2-3,5,7,9-11,13,20H2,1H3,(H,21,23)/t14?,16-,18+/m0/s1. The Bertz CT molecular complexity index is 539. The molecule has 4 nitrogen and oxygen atoms in total. The van der Waals surface area contributed by atoms with Crippen molar-refractivity contribution >= 4 is 11.6 Å². The van der Waals surface area contributed by atoms with Crippen molar-refractivity contribution in [2.24, 2.45) is 11.7 Å². The molecule has 1 amide bonds. The Kier molecular flexibility index (Phi) is 5.21. The van der Waals surface area contributed by atoms with Gasteiger partial charge in [0.25, 0.3) is 0 Å². The van der Waals surface area contributed by atoms with Crippen LogP contribution in [0.5, 0.6) is 0 Å². The number of rotatable bonds is 5. The van der Waals surface area contributed by atoms with Gasteiger partial charge in [0.05, 0.1) is 6.04 Å². The first-order chi connectivity index (χ1) is 11.1. The van der Waals surface area contributed by atoms with Crippen LogP contribution in [0.4, 0.5) is 5.69 Å². The summed E-state index contributed by atoms with van der Waals surface area (Å²) in [5.41, 5.74) is 8.53. The Morgan fingerprint density at radius 2 is 2.09 bits per heavy atom. The molecule has 1 aliphatic carbocycles. The van der Waals surface area contributed by atoms with Gasteiger partial charge in [-0.25, -0.2) is 0 Å². The van der Waals surface area contributed by atoms with Gasteiger partial charge in [-0.1, -0.05) is 18.6 Å². The van der Waals surface area contributed by atoms with Crippen molar-refractivity contribution in [2.45, 2.75) is 57.5 Å². The van der Waals surface area contributed by atoms with Crippen LogP contribution < -0.4 is 16.0 Å². The fraction of sp³-hybridized carbons (Fsp3) is 0.632. The minimum Gasteiger partial charge on any atom is -0.372 e. The number of benzene rings is 1. The van der Waals surface area contributed by atoms with Crippen LogP contribution in [0.3, 0.4) is 0 Å². The zero-order valence-electron chi connectivity index (χ0n) is 14.1. The summed E-state index contributed by atoms with van der Waals surface area (Å²) >= 11 is 0. The summed E-state index contributed by atoms with van der Waals surface area (Å²) in [6, 6.07) is 8.83. The predicted octanol–water partition coefficient (Wildman–Crippen LogP) is 2.98. The number of hydrogen-bond donors (Lipinski definition) is 2. The molecule has 0 radical (unpaired) electrons. The molecular weight excluding hydrogens is 286 g/mol. The minimum atomic E-state index is 0.0441. The zero-order valence-corrected chi connectivity index (χ0v) is 14.1. The van der Waals surface area contributed by atoms with Gasteiger partial charge in [0.15, 0.2) is 0 Å². The van der Waals surface area contributed by atoms with Crippen LogP contribution in [0, 0.1) is 5.92 Å². The SMILES string of the molecule is CC(NC(=O)C[C@@H]1CCC[C@H]1N)c1cccc(N2CCCC2)c1. The molecule has 1 saturated carbocycles. The van der Waals surface area contributed by atoms with Gasteiger partial charge in [0, 0.05) is 31.2 Å². The van der Waals surface area contributed by atoms with Gasteiger partial charge >= 0.3 is 0 Å². The summed E-state index contributed by atoms with van der Waals surface area (Å²) in [5.74, 6) is 0.490. The van der Waals surface area contributed by atoms with E-state index < -0.39 is 0 Å². The molecule has 2 fully saturated rings. The van der Waals surface area contributed by atoms with Crippen molar-refractivity contribution in [3.05, 3.63) is 29.8 Å². The highest BCUT2D eigenvalue weighted by molar-refractivity contribution is 5.76. The van der Waals surface area contributed by atoms with E-state index in [-0.39, 0.29) is 18.0 Å². The van der Waals surface area contributed by atoms with Crippen LogP contribution >= 0.6 is 0 Å². The molecule has 0 aromatic heterocycles. The van der Waals surface area contributed by atoms with Gasteiger partial charge in [0.1, 0.15) is 0 Å². The maximum Gasteiger partial charge on any atom is 0.220 e. The second-order valence-corrected chi connectivity index (χ2v) is 7.14. The number of nitrogens with two attached hydrogens (primary N) is 1. The summed E-state index contributed by atoms with van der Waals surface area (Å²) in [6.07, 6.45) is 6.43. The first-order valence-corrected chi connectivity index (χ1v) is 9.03. The fourth-order valence-electron chi connectivity index (χ4n) is 3.91. The second kappa shape index (κ2) is 7.35. The number of anilines is 1. The lowest BCUT2D eigenvalue weighted by Crippen LogP contribution is -2.33. The van der Waals surface area contributed by atoms with Crippen molar-refractivity contribution in [2.75, 3.05) is 18.0 Å². The van der Waals surface area contributed by atoms with Gasteiger partial charge in [-0.05, 0) is 56.2 Å². The van der Waals surface area contributed by atoms with Crippen LogP contribution in [0.25, 0.3) is 0 Å². The highest BCUT2D eigenvalue weighted by atomic mass is 16.1. The molecule has 126 valence electrons. The highest BCUT2D eigenvalue weighted by Crippen LogP contribution is 2.27. The molecule has 0 spiro atoms. The van der Waals surface area contributed by atoms with E-state index in [4.69, 9.17) is 5.73 Å². The normalized spacial score (nSPS) is 25.6. The molecule has 2 aliphatic rings. The third kappa shape index (κ3) is 4.05. The lowest BCUT2D eigenvalue weighted by atomic mass is 9.99. The third-order valence-corrected chi connectivity index (χ3v) is 5.38. The summed E-state index contributed by atoms with van der Waals surface area (Å²) in [6.45, 7) is 4.35. The van der Waals surface area contributed by atoms with Crippen molar-refractivity contribution in [3.63, 3.8) is 0 Å². The van der Waals surface area contributed by atoms with Crippen LogP contribution in [0.15, 0.2) is 24.3 Å². The molecule has 1 aliphatic heterocycles. The van der Waals surface area contributed by atoms with Gasteiger partial charge in [-0.15, -0.1) is 0 Å². The average molecular weight is 315 g/mol. The molecule has 0 bridgehead atoms. The molecule has 1 heterocycles. The van der Waals surface area contributed by atoms with E-state index in [9.17, 15) is 4.79 Å². The Morgan fingerprint density at radius 3 is 2.78 bits per heavy atom. The molecule has 23 heavy (non-hydrogen) atoms. The van der Waals surface area contributed by atoms with Gasteiger partial charge in [0.2, 0.25) is 5.91 Å². The van der Waals surface area contributed by atoms with E-state index in [2.05, 4.69) is 41.4 Å². The van der Waals surface area contributed by atoms with E-state index in [1.807, 2.05) is 0 Å². The largest absolute Gasteiger partial charge is 0.372 e. The third-order valence-electron chi connectivity index (χ3n) is 5.38. The smallest absolute Gasteiger partial charge is 0.220 e. The zero-order chi connectivity index (χ0) is 16.2. The van der Waals surface area contributed by atoms with E-state index in [1.54, 1.807) is 0 Å². The molecule has 1 aromatic rings. The predicted molar refractivity (Wildman–Crippen MR) is 94.4 cm³/mol. The number of nitrogens with zero attached hydrogens (tertiary/aromatic N) is 1. The maximum atomic E-state index is 12.3. The Hall–Kier alpha value is -1.55. The molecule has 4 heteroatoms. The highest BCUT2D eigenvalue weighted by Gasteiger charge is 2.26. The number of hydrogen-bond acceptors (Lipinski definition) is 3. The number of amides is 1. The lowest BCUT2D eigenvalue weighted by Gasteiger charge is -2.21. The molecule has 3 N–H and O–H groups in total. The first kappa shape index (κ1) is 16.3. The van der Waals surface area contributed by atoms with Gasteiger partial charge in [-0.2, -0.15) is 0 Å². The van der Waals surface area contributed by atoms with Crippen LogP contribution in [-0.2, 0) is 4.79 Å².